The molecular formula is C63H102O6. The van der Waals surface area contributed by atoms with Crippen molar-refractivity contribution in [1.82, 2.24) is 0 Å². The maximum Gasteiger partial charge on any atom is 0.306 e. The zero-order valence-electron chi connectivity index (χ0n) is 44.5. The molecule has 0 radical (unpaired) electrons. The van der Waals surface area contributed by atoms with E-state index in [1.165, 1.54) is 96.3 Å². The van der Waals surface area contributed by atoms with Gasteiger partial charge in [0.05, 0.1) is 0 Å². The molecule has 0 aromatic carbocycles. The normalized spacial score (nSPS) is 13.0. The molecule has 0 aromatic rings. The van der Waals surface area contributed by atoms with Crippen LogP contribution in [0.5, 0.6) is 0 Å². The molecule has 0 heterocycles. The summed E-state index contributed by atoms with van der Waals surface area (Å²) in [7, 11) is 0. The number of ether oxygens (including phenoxy) is 3. The van der Waals surface area contributed by atoms with Crippen LogP contribution in [0.4, 0.5) is 0 Å². The van der Waals surface area contributed by atoms with E-state index in [4.69, 9.17) is 14.2 Å². The molecule has 0 rings (SSSR count). The average molecular weight is 956 g/mol. The zero-order valence-corrected chi connectivity index (χ0v) is 44.5. The number of unbranched alkanes of at least 4 members (excludes halogenated alkanes) is 21. The van der Waals surface area contributed by atoms with Crippen molar-refractivity contribution in [3.63, 3.8) is 0 Å². The Labute approximate surface area is 424 Å². The maximum absolute atomic E-state index is 12.8. The van der Waals surface area contributed by atoms with E-state index >= 15 is 0 Å². The van der Waals surface area contributed by atoms with Crippen molar-refractivity contribution >= 4 is 17.9 Å². The van der Waals surface area contributed by atoms with Gasteiger partial charge in [0.15, 0.2) is 6.10 Å². The Balaban J connectivity index is 4.56. The summed E-state index contributed by atoms with van der Waals surface area (Å²) in [6.45, 7) is 6.39. The first-order valence-electron chi connectivity index (χ1n) is 28.1. The summed E-state index contributed by atoms with van der Waals surface area (Å²) in [4.78, 5) is 38.1. The van der Waals surface area contributed by atoms with Gasteiger partial charge in [0, 0.05) is 19.3 Å². The van der Waals surface area contributed by atoms with Crippen molar-refractivity contribution in [3.05, 3.63) is 122 Å². The number of hydrogen-bond donors (Lipinski definition) is 0. The number of allylic oxidation sites excluding steroid dienone is 20. The van der Waals surface area contributed by atoms with Gasteiger partial charge in [-0.2, -0.15) is 0 Å². The summed E-state index contributed by atoms with van der Waals surface area (Å²) >= 11 is 0. The van der Waals surface area contributed by atoms with E-state index in [1.807, 2.05) is 12.2 Å². The van der Waals surface area contributed by atoms with Crippen molar-refractivity contribution in [3.8, 4) is 0 Å². The second-order valence-corrected chi connectivity index (χ2v) is 18.2. The molecule has 0 saturated carbocycles. The van der Waals surface area contributed by atoms with Crippen molar-refractivity contribution in [1.29, 1.82) is 0 Å². The van der Waals surface area contributed by atoms with E-state index in [9.17, 15) is 14.4 Å². The molecule has 6 heteroatoms. The van der Waals surface area contributed by atoms with Crippen LogP contribution in [0, 0.1) is 0 Å². The minimum absolute atomic E-state index is 0.118. The zero-order chi connectivity index (χ0) is 50.0. The molecule has 390 valence electrons. The van der Waals surface area contributed by atoms with E-state index in [2.05, 4.69) is 130 Å². The second-order valence-electron chi connectivity index (χ2n) is 18.2. The summed E-state index contributed by atoms with van der Waals surface area (Å²) in [6.07, 6.45) is 77.6. The highest BCUT2D eigenvalue weighted by Crippen LogP contribution is 2.14. The van der Waals surface area contributed by atoms with Gasteiger partial charge >= 0.3 is 17.9 Å². The lowest BCUT2D eigenvalue weighted by Gasteiger charge is -2.18. The maximum atomic E-state index is 12.8. The fraction of sp³-hybridized carbons (Fsp3) is 0.635. The number of hydrogen-bond acceptors (Lipinski definition) is 6. The molecule has 1 atom stereocenters. The molecule has 69 heavy (non-hydrogen) atoms. The third kappa shape index (κ3) is 54.6. The van der Waals surface area contributed by atoms with Crippen molar-refractivity contribution < 1.29 is 28.6 Å². The predicted molar refractivity (Wildman–Crippen MR) is 297 cm³/mol. The molecule has 0 spiro atoms. The van der Waals surface area contributed by atoms with Crippen molar-refractivity contribution in [2.24, 2.45) is 0 Å². The van der Waals surface area contributed by atoms with Gasteiger partial charge in [0.25, 0.3) is 0 Å². The second kappa shape index (κ2) is 56.4. The fourth-order valence-electron chi connectivity index (χ4n) is 7.32. The topological polar surface area (TPSA) is 78.9 Å². The van der Waals surface area contributed by atoms with E-state index in [0.29, 0.717) is 19.3 Å². The van der Waals surface area contributed by atoms with Crippen LogP contribution in [0.15, 0.2) is 122 Å². The summed E-state index contributed by atoms with van der Waals surface area (Å²) < 4.78 is 16.8. The van der Waals surface area contributed by atoms with Gasteiger partial charge < -0.3 is 14.2 Å². The fourth-order valence-corrected chi connectivity index (χ4v) is 7.32. The monoisotopic (exact) mass is 955 g/mol. The Morgan fingerprint density at radius 1 is 0.319 bits per heavy atom. The van der Waals surface area contributed by atoms with Gasteiger partial charge in [-0.1, -0.05) is 239 Å². The molecule has 0 N–H and O–H groups in total. The molecule has 0 bridgehead atoms. The lowest BCUT2D eigenvalue weighted by molar-refractivity contribution is -0.166. The lowest BCUT2D eigenvalue weighted by Crippen LogP contribution is -2.30. The molecular weight excluding hydrogens is 853 g/mol. The Kier molecular flexibility index (Phi) is 53.0. The molecule has 0 saturated heterocycles. The summed E-state index contributed by atoms with van der Waals surface area (Å²) in [6, 6.07) is 0. The van der Waals surface area contributed by atoms with Gasteiger partial charge in [0.2, 0.25) is 0 Å². The highest BCUT2D eigenvalue weighted by molar-refractivity contribution is 5.71. The Morgan fingerprint density at radius 3 is 1.13 bits per heavy atom. The first kappa shape index (κ1) is 64.8. The summed E-state index contributed by atoms with van der Waals surface area (Å²) in [5.41, 5.74) is 0. The van der Waals surface area contributed by atoms with Gasteiger partial charge in [-0.3, -0.25) is 14.4 Å². The first-order chi connectivity index (χ1) is 34.0. The number of esters is 3. The number of carbonyl (C=O) groups is 3. The third-order valence-corrected chi connectivity index (χ3v) is 11.5. The molecule has 0 aromatic heterocycles. The average Bonchev–Trinajstić information content (AvgIpc) is 3.35. The summed E-state index contributed by atoms with van der Waals surface area (Å²) in [5.74, 6) is -1.03. The van der Waals surface area contributed by atoms with Crippen LogP contribution in [0.2, 0.25) is 0 Å². The van der Waals surface area contributed by atoms with Crippen LogP contribution in [0.3, 0.4) is 0 Å². The van der Waals surface area contributed by atoms with Crippen LogP contribution >= 0.6 is 0 Å². The van der Waals surface area contributed by atoms with Crippen molar-refractivity contribution in [2.75, 3.05) is 13.2 Å². The molecule has 0 fully saturated rings. The molecule has 1 unspecified atom stereocenters. The smallest absolute Gasteiger partial charge is 0.306 e. The first-order valence-corrected chi connectivity index (χ1v) is 28.1. The molecule has 0 amide bonds. The van der Waals surface area contributed by atoms with E-state index in [1.54, 1.807) is 0 Å². The quantitative estimate of drug-likeness (QED) is 0.0199. The predicted octanol–water partition coefficient (Wildman–Crippen LogP) is 18.9. The van der Waals surface area contributed by atoms with Gasteiger partial charge in [-0.05, 0) is 103 Å². The Bertz CT molecular complexity index is 1470. The number of carbonyl (C=O) groups excluding carboxylic acids is 3. The molecule has 6 nitrogen and oxygen atoms in total. The van der Waals surface area contributed by atoms with Gasteiger partial charge in [-0.25, -0.2) is 0 Å². The van der Waals surface area contributed by atoms with E-state index in [0.717, 1.165) is 96.3 Å². The highest BCUT2D eigenvalue weighted by atomic mass is 16.6. The van der Waals surface area contributed by atoms with Crippen LogP contribution in [-0.4, -0.2) is 37.2 Å². The number of rotatable bonds is 49. The minimum atomic E-state index is -0.824. The van der Waals surface area contributed by atoms with E-state index in [-0.39, 0.29) is 37.5 Å². The standard InChI is InChI=1S/C63H102O6/c1-4-7-10-13-16-19-22-25-28-31-33-35-38-41-44-47-50-53-56-62(65)68-59-60(58-67-61(64)55-52-49-46-43-40-37-34-30-27-24-21-18-15-12-9-6-3)69-63(66)57-54-51-48-45-42-39-36-32-29-26-23-20-17-14-11-8-5-2/h9,12,16,18-19,21-22,25-31,33,35,37,40,46,49,60H,4-8,10-11,13-15,17,20,23-24,32,34,36,38-39,41-45,47-48,50-59H2,1-3H3/b12-9-,19-16-,21-18-,25-22-,29-26-,30-27-,31-28-,35-33-,40-37-,49-46-. The lowest BCUT2D eigenvalue weighted by atomic mass is 10.1. The SMILES string of the molecule is CC/C=C\C/C=C\C/C=C\C/C=C\C/C=C\CCC(=O)OCC(COC(=O)CCCCCCC\C=C/C=C\C=C/C=C\CCCCC)OC(=O)CCCCCCCCC/C=C\CCCCCCCC. The Morgan fingerprint density at radius 2 is 0.652 bits per heavy atom. The Hall–Kier alpha value is -4.19. The molecule has 0 aliphatic rings. The van der Waals surface area contributed by atoms with Crippen LogP contribution in [-0.2, 0) is 28.6 Å². The van der Waals surface area contributed by atoms with Gasteiger partial charge in [0.1, 0.15) is 13.2 Å². The van der Waals surface area contributed by atoms with E-state index < -0.39 is 6.10 Å². The van der Waals surface area contributed by atoms with Gasteiger partial charge in [-0.15, -0.1) is 0 Å². The van der Waals surface area contributed by atoms with Crippen molar-refractivity contribution in [2.45, 2.75) is 245 Å². The summed E-state index contributed by atoms with van der Waals surface area (Å²) in [5, 5.41) is 0. The molecule has 0 aliphatic carbocycles. The van der Waals surface area contributed by atoms with Crippen LogP contribution < -0.4 is 0 Å². The molecule has 0 aliphatic heterocycles. The van der Waals surface area contributed by atoms with Crippen LogP contribution in [0.25, 0.3) is 0 Å². The largest absolute Gasteiger partial charge is 0.462 e. The third-order valence-electron chi connectivity index (χ3n) is 11.5. The minimum Gasteiger partial charge on any atom is -0.462 e. The van der Waals surface area contributed by atoms with Crippen LogP contribution in [0.1, 0.15) is 239 Å². The highest BCUT2D eigenvalue weighted by Gasteiger charge is 2.19.